The van der Waals surface area contributed by atoms with Crippen LogP contribution in [0.2, 0.25) is 0 Å². The number of nitrogens with zero attached hydrogens (tertiary/aromatic N) is 3. The minimum atomic E-state index is -4.18. The van der Waals surface area contributed by atoms with Crippen molar-refractivity contribution in [1.29, 1.82) is 0 Å². The molecule has 0 aliphatic heterocycles. The molecule has 0 bridgehead atoms. The fourth-order valence-corrected chi connectivity index (χ4v) is 8.53. The molecule has 2 aromatic heterocycles. The van der Waals surface area contributed by atoms with Gasteiger partial charge in [-0.15, -0.1) is 0 Å². The van der Waals surface area contributed by atoms with Gasteiger partial charge in [-0.25, -0.2) is 13.1 Å². The van der Waals surface area contributed by atoms with Gasteiger partial charge in [-0.3, -0.25) is 19.3 Å². The van der Waals surface area contributed by atoms with Gasteiger partial charge in [0, 0.05) is 17.6 Å². The van der Waals surface area contributed by atoms with E-state index in [1.165, 1.54) is 23.0 Å². The predicted octanol–water partition coefficient (Wildman–Crippen LogP) is 6.13. The van der Waals surface area contributed by atoms with E-state index in [4.69, 9.17) is 9.47 Å². The number of rotatable bonds is 14. The number of fused-ring (bicyclic) bond motifs is 1. The molecule has 0 radical (unpaired) electrons. The van der Waals surface area contributed by atoms with Crippen LogP contribution in [0.1, 0.15) is 73.0 Å². The molecular weight excluding hydrogens is 705 g/mol. The molecule has 0 saturated heterocycles. The molecule has 54 heavy (non-hydrogen) atoms. The van der Waals surface area contributed by atoms with E-state index in [1.807, 2.05) is 60.7 Å². The molecule has 2 aliphatic rings. The van der Waals surface area contributed by atoms with E-state index in [-0.39, 0.29) is 53.2 Å². The van der Waals surface area contributed by atoms with Crippen molar-refractivity contribution in [2.24, 2.45) is 0 Å². The second-order valence-electron chi connectivity index (χ2n) is 14.0. The van der Waals surface area contributed by atoms with Crippen molar-refractivity contribution in [2.75, 3.05) is 4.72 Å². The zero-order valence-electron chi connectivity index (χ0n) is 30.1. The highest BCUT2D eigenvalue weighted by Crippen LogP contribution is 2.26. The normalized spacial score (nSPS) is 20.3. The third kappa shape index (κ3) is 9.33. The lowest BCUT2D eigenvalue weighted by atomic mass is 9.92. The summed E-state index contributed by atoms with van der Waals surface area (Å²) in [4.78, 5) is 32.0. The molecule has 2 heterocycles. The number of nitrogens with one attached hydrogen (secondary N) is 3. The maximum atomic E-state index is 14.1. The quantitative estimate of drug-likeness (QED) is 0.123. The van der Waals surface area contributed by atoms with Crippen LogP contribution in [-0.4, -0.2) is 59.3 Å². The third-order valence-corrected chi connectivity index (χ3v) is 11.5. The average Bonchev–Trinajstić information content (AvgIpc) is 3.58. The number of aromatic nitrogens is 3. The molecule has 3 N–H and O–H groups in total. The largest absolute Gasteiger partial charge is 0.371 e. The van der Waals surface area contributed by atoms with Gasteiger partial charge in [0.2, 0.25) is 5.91 Å². The molecule has 2 aliphatic carbocycles. The summed E-state index contributed by atoms with van der Waals surface area (Å²) in [6, 6.07) is 29.1. The predicted molar refractivity (Wildman–Crippen MR) is 205 cm³/mol. The molecule has 0 unspecified atom stereocenters. The number of pyridine rings is 1. The standard InChI is InChI=1S/C41H46N6O6S/c48-39(43-32-19-7-9-21-35(32)52-27-29-13-3-1-4-14-29)26-47-34(41(49)44-33-20-8-10-22-36(33)53-28-30-15-5-2-6-16-30)25-38(45-47)46-54(50,51)37-23-11-17-31-18-12-24-42-40(31)37/h1-6,11-18,23-25,32-33,35-36H,7-10,19-22,26-28H2,(H,43,48)(H,44,49)(H,45,46)/t32-,33-,35-,36-/m0/s1. The van der Waals surface area contributed by atoms with Gasteiger partial charge in [-0.2, -0.15) is 5.10 Å². The Labute approximate surface area is 315 Å². The van der Waals surface area contributed by atoms with Crippen LogP contribution in [0.3, 0.4) is 0 Å². The molecular formula is C41H46N6O6S. The van der Waals surface area contributed by atoms with Crippen LogP contribution >= 0.6 is 0 Å². The van der Waals surface area contributed by atoms with Crippen LogP contribution in [0.15, 0.2) is 108 Å². The topological polar surface area (TPSA) is 154 Å². The van der Waals surface area contributed by atoms with E-state index in [0.29, 0.717) is 24.1 Å². The van der Waals surface area contributed by atoms with Crippen molar-refractivity contribution in [3.05, 3.63) is 120 Å². The Bertz CT molecular complexity index is 2140. The Balaban J connectivity index is 1.10. The summed E-state index contributed by atoms with van der Waals surface area (Å²) in [5.41, 5.74) is 2.45. The summed E-state index contributed by atoms with van der Waals surface area (Å²) in [6.45, 7) is 0.553. The summed E-state index contributed by atoms with van der Waals surface area (Å²) < 4.78 is 43.8. The Morgan fingerprint density at radius 1 is 0.722 bits per heavy atom. The molecule has 2 fully saturated rings. The number of carbonyl (C=O) groups is 2. The highest BCUT2D eigenvalue weighted by molar-refractivity contribution is 7.93. The number of amides is 2. The number of ether oxygens (including phenoxy) is 2. The Hall–Kier alpha value is -5.11. The molecule has 13 heteroatoms. The van der Waals surface area contributed by atoms with Crippen LogP contribution in [-0.2, 0) is 44.1 Å². The number of hydrogen-bond donors (Lipinski definition) is 3. The first-order valence-corrected chi connectivity index (χ1v) is 20.2. The van der Waals surface area contributed by atoms with Gasteiger partial charge in [0.1, 0.15) is 17.1 Å². The third-order valence-electron chi connectivity index (χ3n) is 10.1. The zero-order chi connectivity index (χ0) is 37.3. The van der Waals surface area contributed by atoms with Crippen molar-refractivity contribution < 1.29 is 27.5 Å². The van der Waals surface area contributed by atoms with Gasteiger partial charge < -0.3 is 20.1 Å². The lowest BCUT2D eigenvalue weighted by Crippen LogP contribution is -2.48. The van der Waals surface area contributed by atoms with Gasteiger partial charge in [-0.05, 0) is 48.9 Å². The highest BCUT2D eigenvalue weighted by atomic mass is 32.2. The van der Waals surface area contributed by atoms with Gasteiger partial charge >= 0.3 is 0 Å². The molecule has 5 aromatic rings. The highest BCUT2D eigenvalue weighted by Gasteiger charge is 2.31. The summed E-state index contributed by atoms with van der Waals surface area (Å²) in [7, 11) is -4.18. The Morgan fingerprint density at radius 2 is 1.31 bits per heavy atom. The number of sulfonamides is 1. The fraction of sp³-hybridized carbons (Fsp3) is 0.366. The lowest BCUT2D eigenvalue weighted by molar-refractivity contribution is -0.124. The maximum absolute atomic E-state index is 14.1. The summed E-state index contributed by atoms with van der Waals surface area (Å²) >= 11 is 0. The van der Waals surface area contributed by atoms with Crippen LogP contribution in [0, 0.1) is 0 Å². The minimum absolute atomic E-state index is 0.0293. The van der Waals surface area contributed by atoms with Gasteiger partial charge in [-0.1, -0.05) is 105 Å². The number of benzene rings is 3. The monoisotopic (exact) mass is 750 g/mol. The van der Waals surface area contributed by atoms with E-state index >= 15 is 0 Å². The second kappa shape index (κ2) is 17.4. The van der Waals surface area contributed by atoms with Crippen LogP contribution in [0.4, 0.5) is 5.82 Å². The first kappa shape index (κ1) is 37.2. The Morgan fingerprint density at radius 3 is 1.96 bits per heavy atom. The molecule has 2 saturated carbocycles. The molecule has 12 nitrogen and oxygen atoms in total. The van der Waals surface area contributed by atoms with Gasteiger partial charge in [0.15, 0.2) is 5.82 Å². The van der Waals surface area contributed by atoms with Crippen molar-refractivity contribution >= 4 is 38.6 Å². The van der Waals surface area contributed by atoms with Crippen molar-refractivity contribution in [1.82, 2.24) is 25.4 Å². The Kier molecular flexibility index (Phi) is 12.0. The molecule has 4 atom stereocenters. The zero-order valence-corrected chi connectivity index (χ0v) is 30.9. The van der Waals surface area contributed by atoms with E-state index in [9.17, 15) is 18.0 Å². The summed E-state index contributed by atoms with van der Waals surface area (Å²) in [6.07, 6.45) is 8.11. The van der Waals surface area contributed by atoms with Gasteiger partial charge in [0.25, 0.3) is 15.9 Å². The smallest absolute Gasteiger partial charge is 0.269 e. The van der Waals surface area contributed by atoms with E-state index in [1.54, 1.807) is 24.3 Å². The molecule has 7 rings (SSSR count). The number of hydrogen-bond acceptors (Lipinski definition) is 8. The first-order valence-electron chi connectivity index (χ1n) is 18.7. The lowest BCUT2D eigenvalue weighted by Gasteiger charge is -2.32. The number of para-hydroxylation sites is 1. The van der Waals surface area contributed by atoms with E-state index in [0.717, 1.165) is 62.5 Å². The van der Waals surface area contributed by atoms with E-state index < -0.39 is 15.9 Å². The average molecular weight is 751 g/mol. The molecule has 282 valence electrons. The SMILES string of the molecule is O=C(Cn1nc(NS(=O)(=O)c2cccc3cccnc23)cc1C(=O)N[C@H]1CCCC[C@@H]1OCc1ccccc1)N[C@H]1CCCC[C@@H]1OCc1ccccc1. The molecule has 3 aromatic carbocycles. The number of anilines is 1. The summed E-state index contributed by atoms with van der Waals surface area (Å²) in [5, 5.41) is 11.4. The second-order valence-corrected chi connectivity index (χ2v) is 15.7. The minimum Gasteiger partial charge on any atom is -0.371 e. The van der Waals surface area contributed by atoms with Crippen molar-refractivity contribution in [3.8, 4) is 0 Å². The fourth-order valence-electron chi connectivity index (χ4n) is 7.36. The van der Waals surface area contributed by atoms with Crippen LogP contribution in [0.25, 0.3) is 10.9 Å². The number of carbonyl (C=O) groups excluding carboxylic acids is 2. The van der Waals surface area contributed by atoms with Gasteiger partial charge in [0.05, 0.1) is 43.0 Å². The van der Waals surface area contributed by atoms with Crippen LogP contribution < -0.4 is 15.4 Å². The molecule has 2 amide bonds. The van der Waals surface area contributed by atoms with Crippen molar-refractivity contribution in [3.63, 3.8) is 0 Å². The van der Waals surface area contributed by atoms with Crippen LogP contribution in [0.5, 0.6) is 0 Å². The van der Waals surface area contributed by atoms with Crippen molar-refractivity contribution in [2.45, 2.75) is 100 Å². The maximum Gasteiger partial charge on any atom is 0.269 e. The van der Waals surface area contributed by atoms with E-state index in [2.05, 4.69) is 25.4 Å². The molecule has 0 spiro atoms. The summed E-state index contributed by atoms with van der Waals surface area (Å²) in [5.74, 6) is -0.931. The first-order chi connectivity index (χ1) is 26.3.